The molecule has 16 heavy (non-hydrogen) atoms. The van der Waals surface area contributed by atoms with E-state index in [9.17, 15) is 0 Å². The number of aryl methyl sites for hydroxylation is 1. The van der Waals surface area contributed by atoms with E-state index >= 15 is 0 Å². The highest BCUT2D eigenvalue weighted by molar-refractivity contribution is 5.48. The zero-order valence-corrected chi connectivity index (χ0v) is 10.2. The highest BCUT2D eigenvalue weighted by atomic mass is 15.1. The Balaban J connectivity index is 2.06. The molecule has 1 aromatic rings. The van der Waals surface area contributed by atoms with Crippen LogP contribution in [0.3, 0.4) is 0 Å². The Kier molecular flexibility index (Phi) is 3.27. The molecular formula is C12H20N4. The van der Waals surface area contributed by atoms with Crippen molar-refractivity contribution in [2.45, 2.75) is 39.7 Å². The SMILES string of the molecule is CCNc1cc(NC(C)C2CC2)nc(C)n1. The van der Waals surface area contributed by atoms with Crippen molar-refractivity contribution < 1.29 is 0 Å². The van der Waals surface area contributed by atoms with Gasteiger partial charge in [0.15, 0.2) is 0 Å². The molecule has 1 aliphatic rings. The number of hydrogen-bond acceptors (Lipinski definition) is 4. The molecule has 0 aliphatic heterocycles. The maximum absolute atomic E-state index is 4.40. The van der Waals surface area contributed by atoms with Gasteiger partial charge in [-0.1, -0.05) is 0 Å². The fourth-order valence-electron chi connectivity index (χ4n) is 1.86. The lowest BCUT2D eigenvalue weighted by atomic mass is 10.2. The molecule has 2 rings (SSSR count). The Labute approximate surface area is 96.9 Å². The summed E-state index contributed by atoms with van der Waals surface area (Å²) < 4.78 is 0. The second-order valence-corrected chi connectivity index (χ2v) is 4.49. The molecule has 0 aromatic carbocycles. The van der Waals surface area contributed by atoms with Crippen molar-refractivity contribution in [1.82, 2.24) is 9.97 Å². The maximum Gasteiger partial charge on any atom is 0.132 e. The van der Waals surface area contributed by atoms with Crippen LogP contribution in [0, 0.1) is 12.8 Å². The van der Waals surface area contributed by atoms with E-state index in [0.717, 1.165) is 29.9 Å². The van der Waals surface area contributed by atoms with E-state index in [1.54, 1.807) is 0 Å². The minimum atomic E-state index is 0.517. The average Bonchev–Trinajstić information content (AvgIpc) is 2.99. The summed E-state index contributed by atoms with van der Waals surface area (Å²) in [5.74, 6) is 3.48. The molecule has 1 fully saturated rings. The van der Waals surface area contributed by atoms with Crippen LogP contribution in [-0.2, 0) is 0 Å². The number of nitrogens with one attached hydrogen (secondary N) is 2. The van der Waals surface area contributed by atoms with Gasteiger partial charge in [-0.15, -0.1) is 0 Å². The van der Waals surface area contributed by atoms with Crippen LogP contribution in [0.5, 0.6) is 0 Å². The van der Waals surface area contributed by atoms with Crippen LogP contribution >= 0.6 is 0 Å². The summed E-state index contributed by atoms with van der Waals surface area (Å²) in [4.78, 5) is 8.73. The molecule has 0 radical (unpaired) electrons. The Bertz CT molecular complexity index is 360. The summed E-state index contributed by atoms with van der Waals surface area (Å²) in [6, 6.07) is 2.50. The number of aromatic nitrogens is 2. The summed E-state index contributed by atoms with van der Waals surface area (Å²) in [7, 11) is 0. The minimum absolute atomic E-state index is 0.517. The Morgan fingerprint density at radius 3 is 2.69 bits per heavy atom. The van der Waals surface area contributed by atoms with Gasteiger partial charge in [0.05, 0.1) is 0 Å². The third-order valence-electron chi connectivity index (χ3n) is 2.90. The zero-order chi connectivity index (χ0) is 11.5. The topological polar surface area (TPSA) is 49.8 Å². The number of rotatable bonds is 5. The Hall–Kier alpha value is -1.32. The lowest BCUT2D eigenvalue weighted by molar-refractivity contribution is 0.689. The molecule has 1 heterocycles. The zero-order valence-electron chi connectivity index (χ0n) is 10.2. The van der Waals surface area contributed by atoms with Crippen molar-refractivity contribution in [3.05, 3.63) is 11.9 Å². The van der Waals surface area contributed by atoms with E-state index in [1.165, 1.54) is 12.8 Å². The van der Waals surface area contributed by atoms with E-state index in [4.69, 9.17) is 0 Å². The fourth-order valence-corrected chi connectivity index (χ4v) is 1.86. The molecule has 4 nitrogen and oxygen atoms in total. The molecular weight excluding hydrogens is 200 g/mol. The number of anilines is 2. The quantitative estimate of drug-likeness (QED) is 0.800. The first-order valence-corrected chi connectivity index (χ1v) is 6.05. The molecule has 0 amide bonds. The first kappa shape index (κ1) is 11.2. The van der Waals surface area contributed by atoms with Crippen LogP contribution in [0.2, 0.25) is 0 Å². The van der Waals surface area contributed by atoms with Crippen LogP contribution in [0.1, 0.15) is 32.5 Å². The molecule has 0 bridgehead atoms. The van der Waals surface area contributed by atoms with Gasteiger partial charge in [0.2, 0.25) is 0 Å². The molecule has 0 spiro atoms. The molecule has 1 atom stereocenters. The van der Waals surface area contributed by atoms with E-state index < -0.39 is 0 Å². The molecule has 2 N–H and O–H groups in total. The fraction of sp³-hybridized carbons (Fsp3) is 0.667. The van der Waals surface area contributed by atoms with Gasteiger partial charge in [-0.25, -0.2) is 9.97 Å². The van der Waals surface area contributed by atoms with Crippen molar-refractivity contribution in [2.75, 3.05) is 17.2 Å². The highest BCUT2D eigenvalue weighted by Gasteiger charge is 2.28. The van der Waals surface area contributed by atoms with Crippen LogP contribution in [0.4, 0.5) is 11.6 Å². The summed E-state index contributed by atoms with van der Waals surface area (Å²) >= 11 is 0. The highest BCUT2D eigenvalue weighted by Crippen LogP contribution is 2.33. The van der Waals surface area contributed by atoms with Crippen molar-refractivity contribution in [3.63, 3.8) is 0 Å². The molecule has 4 heteroatoms. The molecule has 88 valence electrons. The monoisotopic (exact) mass is 220 g/mol. The van der Waals surface area contributed by atoms with Crippen molar-refractivity contribution in [3.8, 4) is 0 Å². The van der Waals surface area contributed by atoms with Gasteiger partial charge in [-0.05, 0) is 39.5 Å². The summed E-state index contributed by atoms with van der Waals surface area (Å²) in [6.07, 6.45) is 2.69. The first-order valence-electron chi connectivity index (χ1n) is 6.05. The van der Waals surface area contributed by atoms with Crippen LogP contribution < -0.4 is 10.6 Å². The van der Waals surface area contributed by atoms with Crippen molar-refractivity contribution in [2.24, 2.45) is 5.92 Å². The van der Waals surface area contributed by atoms with E-state index in [0.29, 0.717) is 6.04 Å². The maximum atomic E-state index is 4.40. The molecule has 1 aliphatic carbocycles. The second-order valence-electron chi connectivity index (χ2n) is 4.49. The second kappa shape index (κ2) is 4.68. The lowest BCUT2D eigenvalue weighted by Gasteiger charge is -2.14. The van der Waals surface area contributed by atoms with Crippen molar-refractivity contribution >= 4 is 11.6 Å². The van der Waals surface area contributed by atoms with E-state index in [2.05, 4.69) is 34.4 Å². The molecule has 1 aromatic heterocycles. The Morgan fingerprint density at radius 1 is 1.38 bits per heavy atom. The number of nitrogens with zero attached hydrogens (tertiary/aromatic N) is 2. The van der Waals surface area contributed by atoms with Gasteiger partial charge in [0.25, 0.3) is 0 Å². The van der Waals surface area contributed by atoms with Gasteiger partial charge in [-0.2, -0.15) is 0 Å². The molecule has 0 saturated heterocycles. The summed E-state index contributed by atoms with van der Waals surface area (Å²) in [5, 5.41) is 6.67. The van der Waals surface area contributed by atoms with Crippen LogP contribution in [-0.4, -0.2) is 22.6 Å². The lowest BCUT2D eigenvalue weighted by Crippen LogP contribution is -2.18. The molecule has 1 unspecified atom stereocenters. The van der Waals surface area contributed by atoms with Gasteiger partial charge < -0.3 is 10.6 Å². The Morgan fingerprint density at radius 2 is 2.06 bits per heavy atom. The van der Waals surface area contributed by atoms with Gasteiger partial charge in [0, 0.05) is 18.7 Å². The third-order valence-corrected chi connectivity index (χ3v) is 2.90. The smallest absolute Gasteiger partial charge is 0.132 e. The van der Waals surface area contributed by atoms with Crippen LogP contribution in [0.15, 0.2) is 6.07 Å². The normalized spacial score (nSPS) is 16.9. The predicted octanol–water partition coefficient (Wildman–Crippen LogP) is 2.43. The standard InChI is InChI=1S/C12H20N4/c1-4-13-11-7-12(16-9(3)15-11)14-8(2)10-5-6-10/h7-8,10H,4-6H2,1-3H3,(H2,13,14,15,16). The van der Waals surface area contributed by atoms with Crippen LogP contribution in [0.25, 0.3) is 0 Å². The predicted molar refractivity (Wildman–Crippen MR) is 66.7 cm³/mol. The first-order chi connectivity index (χ1) is 7.69. The third kappa shape index (κ3) is 2.84. The number of hydrogen-bond donors (Lipinski definition) is 2. The van der Waals surface area contributed by atoms with E-state index in [-0.39, 0.29) is 0 Å². The summed E-state index contributed by atoms with van der Waals surface area (Å²) in [5.41, 5.74) is 0. The average molecular weight is 220 g/mol. The van der Waals surface area contributed by atoms with Gasteiger partial charge in [-0.3, -0.25) is 0 Å². The van der Waals surface area contributed by atoms with E-state index in [1.807, 2.05) is 13.0 Å². The van der Waals surface area contributed by atoms with Crippen molar-refractivity contribution in [1.29, 1.82) is 0 Å². The molecule has 1 saturated carbocycles. The minimum Gasteiger partial charge on any atom is -0.370 e. The van der Waals surface area contributed by atoms with Gasteiger partial charge >= 0.3 is 0 Å². The largest absolute Gasteiger partial charge is 0.370 e. The summed E-state index contributed by atoms with van der Waals surface area (Å²) in [6.45, 7) is 7.10. The van der Waals surface area contributed by atoms with Gasteiger partial charge in [0.1, 0.15) is 17.5 Å².